The summed E-state index contributed by atoms with van der Waals surface area (Å²) in [6.07, 6.45) is 0.840. The van der Waals surface area contributed by atoms with E-state index in [4.69, 9.17) is 9.47 Å². The smallest absolute Gasteiger partial charge is 0.246 e. The topological polar surface area (TPSA) is 84.9 Å². The molecule has 0 aliphatic carbocycles. The van der Waals surface area contributed by atoms with Gasteiger partial charge in [-0.15, -0.1) is 0 Å². The predicted octanol–water partition coefficient (Wildman–Crippen LogP) is 3.48. The number of carbonyl (C=O) groups excluding carboxylic acids is 1. The first-order chi connectivity index (χ1) is 14.9. The van der Waals surface area contributed by atoms with Crippen molar-refractivity contribution in [2.45, 2.75) is 31.1 Å². The van der Waals surface area contributed by atoms with Crippen LogP contribution in [0.25, 0.3) is 0 Å². The third kappa shape index (κ3) is 5.26. The number of benzene rings is 2. The highest BCUT2D eigenvalue weighted by Gasteiger charge is 2.30. The Morgan fingerprint density at radius 2 is 1.84 bits per heavy atom. The van der Waals surface area contributed by atoms with Gasteiger partial charge in [0.2, 0.25) is 15.9 Å². The highest BCUT2D eigenvalue weighted by atomic mass is 32.2. The number of anilines is 1. The quantitative estimate of drug-likeness (QED) is 0.671. The van der Waals surface area contributed by atoms with E-state index in [0.717, 1.165) is 12.0 Å². The van der Waals surface area contributed by atoms with Crippen molar-refractivity contribution >= 4 is 21.6 Å². The summed E-state index contributed by atoms with van der Waals surface area (Å²) >= 11 is 0. The Balaban J connectivity index is 1.91. The fraction of sp³-hybridized carbons (Fsp3) is 0.435. The van der Waals surface area contributed by atoms with Gasteiger partial charge in [0, 0.05) is 18.8 Å². The average molecular weight is 447 g/mol. The zero-order valence-electron chi connectivity index (χ0n) is 18.2. The largest absolute Gasteiger partial charge is 0.495 e. The Morgan fingerprint density at radius 3 is 2.45 bits per heavy atom. The fourth-order valence-electron chi connectivity index (χ4n) is 3.74. The maximum Gasteiger partial charge on any atom is 0.246 e. The Labute approximate surface area is 184 Å². The van der Waals surface area contributed by atoms with Crippen molar-refractivity contribution in [2.75, 3.05) is 38.7 Å². The summed E-state index contributed by atoms with van der Waals surface area (Å²) in [6, 6.07) is 14.3. The number of nitrogens with one attached hydrogen (secondary N) is 1. The van der Waals surface area contributed by atoms with E-state index in [9.17, 15) is 13.2 Å². The maximum atomic E-state index is 13.2. The molecule has 1 heterocycles. The number of nitrogens with zero attached hydrogens (tertiary/aromatic N) is 1. The molecular weight excluding hydrogens is 416 g/mol. The zero-order valence-corrected chi connectivity index (χ0v) is 19.0. The van der Waals surface area contributed by atoms with E-state index in [1.165, 1.54) is 17.5 Å². The number of hydrogen-bond donors (Lipinski definition) is 1. The van der Waals surface area contributed by atoms with E-state index in [0.29, 0.717) is 18.9 Å². The second kappa shape index (κ2) is 10.3. The molecule has 1 amide bonds. The second-order valence-electron chi connectivity index (χ2n) is 7.65. The van der Waals surface area contributed by atoms with Crippen LogP contribution in [0.2, 0.25) is 0 Å². The van der Waals surface area contributed by atoms with Crippen molar-refractivity contribution in [3.63, 3.8) is 0 Å². The van der Waals surface area contributed by atoms with Crippen LogP contribution in [0.3, 0.4) is 0 Å². The Bertz CT molecular complexity index is 988. The molecule has 2 aromatic carbocycles. The molecule has 31 heavy (non-hydrogen) atoms. The lowest BCUT2D eigenvalue weighted by Gasteiger charge is -2.27. The summed E-state index contributed by atoms with van der Waals surface area (Å²) in [4.78, 5) is 13.2. The monoisotopic (exact) mass is 446 g/mol. The number of morpholine rings is 1. The molecule has 0 aromatic heterocycles. The number of amides is 1. The minimum Gasteiger partial charge on any atom is -0.495 e. The van der Waals surface area contributed by atoms with Gasteiger partial charge in [0.25, 0.3) is 0 Å². The van der Waals surface area contributed by atoms with E-state index in [-0.39, 0.29) is 41.5 Å². The molecular formula is C23H30N2O5S. The van der Waals surface area contributed by atoms with Crippen LogP contribution in [0.4, 0.5) is 5.69 Å². The summed E-state index contributed by atoms with van der Waals surface area (Å²) in [7, 11) is -2.35. The first-order valence-corrected chi connectivity index (χ1v) is 11.9. The lowest BCUT2D eigenvalue weighted by Crippen LogP contribution is -2.40. The minimum absolute atomic E-state index is 0.0366. The highest BCUT2D eigenvalue weighted by Crippen LogP contribution is 2.32. The lowest BCUT2D eigenvalue weighted by atomic mass is 9.85. The number of carbonyl (C=O) groups is 1. The van der Waals surface area contributed by atoms with Crippen molar-refractivity contribution < 1.29 is 22.7 Å². The number of ether oxygens (including phenoxy) is 2. The second-order valence-corrected chi connectivity index (χ2v) is 9.55. The first-order valence-electron chi connectivity index (χ1n) is 10.5. The van der Waals surface area contributed by atoms with Crippen LogP contribution in [0.15, 0.2) is 53.4 Å². The normalized spacial score (nSPS) is 17.0. The molecule has 2 atom stereocenters. The molecule has 8 heteroatoms. The zero-order chi connectivity index (χ0) is 22.4. The summed E-state index contributed by atoms with van der Waals surface area (Å²) in [5.41, 5.74) is 1.35. The Hall–Kier alpha value is -2.42. The molecule has 1 aliphatic heterocycles. The van der Waals surface area contributed by atoms with Crippen LogP contribution in [0, 0.1) is 5.92 Å². The van der Waals surface area contributed by atoms with Crippen molar-refractivity contribution in [1.29, 1.82) is 0 Å². The van der Waals surface area contributed by atoms with Gasteiger partial charge in [0.15, 0.2) is 0 Å². The van der Waals surface area contributed by atoms with E-state index < -0.39 is 10.0 Å². The van der Waals surface area contributed by atoms with Crippen LogP contribution < -0.4 is 10.1 Å². The number of sulfonamides is 1. The summed E-state index contributed by atoms with van der Waals surface area (Å²) in [5, 5.41) is 2.92. The molecule has 2 unspecified atom stereocenters. The van der Waals surface area contributed by atoms with Crippen LogP contribution in [-0.2, 0) is 19.6 Å². The molecule has 0 saturated carbocycles. The summed E-state index contributed by atoms with van der Waals surface area (Å²) in [6.45, 7) is 5.36. The average Bonchev–Trinajstić information content (AvgIpc) is 2.80. The molecule has 7 nitrogen and oxygen atoms in total. The van der Waals surface area contributed by atoms with Crippen molar-refractivity contribution in [2.24, 2.45) is 5.92 Å². The lowest BCUT2D eigenvalue weighted by molar-refractivity contribution is -0.118. The molecule has 3 rings (SSSR count). The van der Waals surface area contributed by atoms with E-state index >= 15 is 0 Å². The van der Waals surface area contributed by atoms with Gasteiger partial charge in [0.05, 0.1) is 26.2 Å². The number of rotatable bonds is 8. The van der Waals surface area contributed by atoms with Gasteiger partial charge in [0.1, 0.15) is 10.6 Å². The third-order valence-corrected chi connectivity index (χ3v) is 7.59. The van der Waals surface area contributed by atoms with Gasteiger partial charge in [-0.3, -0.25) is 4.79 Å². The molecule has 0 bridgehead atoms. The van der Waals surface area contributed by atoms with E-state index in [1.54, 1.807) is 12.1 Å². The molecule has 168 valence electrons. The molecule has 1 fully saturated rings. The van der Waals surface area contributed by atoms with Crippen LogP contribution >= 0.6 is 0 Å². The molecule has 1 N–H and O–H groups in total. The Morgan fingerprint density at radius 1 is 1.16 bits per heavy atom. The van der Waals surface area contributed by atoms with Gasteiger partial charge in [-0.2, -0.15) is 4.31 Å². The maximum absolute atomic E-state index is 13.2. The third-order valence-electron chi connectivity index (χ3n) is 5.67. The summed E-state index contributed by atoms with van der Waals surface area (Å²) in [5.74, 6) is -0.142. The van der Waals surface area contributed by atoms with Crippen LogP contribution in [-0.4, -0.2) is 52.0 Å². The molecule has 1 saturated heterocycles. The van der Waals surface area contributed by atoms with Gasteiger partial charge < -0.3 is 14.8 Å². The van der Waals surface area contributed by atoms with Gasteiger partial charge >= 0.3 is 0 Å². The number of methoxy groups -OCH3 is 1. The van der Waals surface area contributed by atoms with Crippen molar-refractivity contribution in [1.82, 2.24) is 4.31 Å². The Kier molecular flexibility index (Phi) is 7.69. The SMILES string of the molecule is CCC(C)C(C(=O)Nc1ccc(OC)c(S(=O)(=O)N2CCOCC2)c1)c1ccccc1. The van der Waals surface area contributed by atoms with Gasteiger partial charge in [-0.1, -0.05) is 50.6 Å². The van der Waals surface area contributed by atoms with Crippen LogP contribution in [0.5, 0.6) is 5.75 Å². The summed E-state index contributed by atoms with van der Waals surface area (Å²) < 4.78 is 38.3. The van der Waals surface area contributed by atoms with Gasteiger partial charge in [-0.25, -0.2) is 8.42 Å². The number of hydrogen-bond acceptors (Lipinski definition) is 5. The van der Waals surface area contributed by atoms with Crippen LogP contribution in [0.1, 0.15) is 31.7 Å². The first kappa shape index (κ1) is 23.2. The van der Waals surface area contributed by atoms with Crippen molar-refractivity contribution in [3.8, 4) is 5.75 Å². The fourth-order valence-corrected chi connectivity index (χ4v) is 5.33. The van der Waals surface area contributed by atoms with Crippen molar-refractivity contribution in [3.05, 3.63) is 54.1 Å². The van der Waals surface area contributed by atoms with E-state index in [2.05, 4.69) is 5.32 Å². The van der Waals surface area contributed by atoms with Gasteiger partial charge in [-0.05, 0) is 29.7 Å². The minimum atomic E-state index is -3.78. The standard InChI is InChI=1S/C23H30N2O5S/c1-4-17(2)22(18-8-6-5-7-9-18)23(26)24-19-10-11-20(29-3)21(16-19)31(27,28)25-12-14-30-15-13-25/h5-11,16-17,22H,4,12-15H2,1-3H3,(H,24,26). The molecule has 2 aromatic rings. The predicted molar refractivity (Wildman–Crippen MR) is 120 cm³/mol. The molecule has 0 spiro atoms. The molecule has 0 radical (unpaired) electrons. The highest BCUT2D eigenvalue weighted by molar-refractivity contribution is 7.89. The van der Waals surface area contributed by atoms with E-state index in [1.807, 2.05) is 44.2 Å². The molecule has 1 aliphatic rings.